The summed E-state index contributed by atoms with van der Waals surface area (Å²) in [5.74, 6) is -1.11. The fourth-order valence-electron chi connectivity index (χ4n) is 3.35. The lowest BCUT2D eigenvalue weighted by Gasteiger charge is -2.04. The van der Waals surface area contributed by atoms with Crippen LogP contribution in [0.25, 0.3) is 11.0 Å². The topological polar surface area (TPSA) is 92.4 Å². The first kappa shape index (κ1) is 16.8. The summed E-state index contributed by atoms with van der Waals surface area (Å²) >= 11 is 1.29. The number of carboxylic acid groups (broad SMARTS) is 1. The molecule has 1 aromatic carbocycles. The largest absolute Gasteiger partial charge is 0.476 e. The monoisotopic (exact) mass is 370 g/mol. The minimum atomic E-state index is -1.03. The number of carboxylic acids is 1. The molecule has 7 heteroatoms. The summed E-state index contributed by atoms with van der Waals surface area (Å²) in [4.78, 5) is 27.1. The number of aromatic carboxylic acids is 1. The number of benzene rings is 1. The second-order valence-corrected chi connectivity index (χ2v) is 7.38. The maximum Gasteiger partial charge on any atom is 0.355 e. The molecule has 6 nitrogen and oxygen atoms in total. The Hall–Kier alpha value is -2.67. The van der Waals surface area contributed by atoms with Crippen LogP contribution >= 0.6 is 11.3 Å². The quantitative estimate of drug-likeness (QED) is 0.696. The van der Waals surface area contributed by atoms with E-state index in [1.54, 1.807) is 6.26 Å². The van der Waals surface area contributed by atoms with Gasteiger partial charge in [0.05, 0.1) is 17.7 Å². The number of aryl methyl sites for hydroxylation is 2. The maximum absolute atomic E-state index is 12.2. The molecule has 4 rings (SSSR count). The number of carbonyl (C=O) groups excluding carboxylic acids is 1. The van der Waals surface area contributed by atoms with Crippen molar-refractivity contribution < 1.29 is 19.1 Å². The van der Waals surface area contributed by atoms with Gasteiger partial charge in [0.2, 0.25) is 5.91 Å². The van der Waals surface area contributed by atoms with Crippen molar-refractivity contribution in [1.29, 1.82) is 0 Å². The minimum Gasteiger partial charge on any atom is -0.476 e. The smallest absolute Gasteiger partial charge is 0.355 e. The van der Waals surface area contributed by atoms with Gasteiger partial charge in [0.15, 0.2) is 5.69 Å². The van der Waals surface area contributed by atoms with Gasteiger partial charge < -0.3 is 14.8 Å². The number of hydrogen-bond donors (Lipinski definition) is 2. The van der Waals surface area contributed by atoms with Crippen LogP contribution in [0.5, 0.6) is 0 Å². The Kier molecular flexibility index (Phi) is 4.46. The fraction of sp³-hybridized carbons (Fsp3) is 0.316. The Morgan fingerprint density at radius 1 is 1.27 bits per heavy atom. The summed E-state index contributed by atoms with van der Waals surface area (Å²) in [6.07, 6.45) is 5.82. The number of fused-ring (bicyclic) bond motifs is 2. The molecule has 0 fully saturated rings. The van der Waals surface area contributed by atoms with E-state index < -0.39 is 5.97 Å². The van der Waals surface area contributed by atoms with E-state index in [4.69, 9.17) is 9.52 Å². The summed E-state index contributed by atoms with van der Waals surface area (Å²) in [6.45, 7) is 0.427. The minimum absolute atomic E-state index is 0.0497. The number of aromatic nitrogens is 1. The van der Waals surface area contributed by atoms with Gasteiger partial charge in [-0.3, -0.25) is 4.79 Å². The molecule has 1 amide bonds. The molecule has 134 valence electrons. The van der Waals surface area contributed by atoms with Crippen molar-refractivity contribution >= 4 is 34.2 Å². The van der Waals surface area contributed by atoms with E-state index in [0.717, 1.165) is 29.4 Å². The Morgan fingerprint density at radius 2 is 2.08 bits per heavy atom. The number of nitrogens with one attached hydrogen (secondary N) is 1. The molecule has 0 atom stereocenters. The normalized spacial score (nSPS) is 13.1. The van der Waals surface area contributed by atoms with Crippen LogP contribution in [0.15, 0.2) is 28.2 Å². The first-order valence-corrected chi connectivity index (χ1v) is 9.44. The van der Waals surface area contributed by atoms with E-state index >= 15 is 0 Å². The summed E-state index contributed by atoms with van der Waals surface area (Å²) in [6, 6.07) is 4.26. The number of nitrogens with zero attached hydrogens (tertiary/aromatic N) is 1. The van der Waals surface area contributed by atoms with E-state index in [1.807, 2.05) is 0 Å². The highest BCUT2D eigenvalue weighted by molar-refractivity contribution is 7.09. The molecular formula is C19H18N2O4S. The second-order valence-electron chi connectivity index (χ2n) is 6.44. The van der Waals surface area contributed by atoms with Crippen LogP contribution in [0.1, 0.15) is 38.6 Å². The molecule has 1 aliphatic rings. The van der Waals surface area contributed by atoms with Gasteiger partial charge in [-0.25, -0.2) is 9.78 Å². The van der Waals surface area contributed by atoms with Gasteiger partial charge in [-0.2, -0.15) is 0 Å². The lowest BCUT2D eigenvalue weighted by molar-refractivity contribution is -0.120. The number of carbonyl (C=O) groups is 2. The molecule has 2 aromatic heterocycles. The third kappa shape index (κ3) is 3.35. The zero-order chi connectivity index (χ0) is 18.1. The summed E-state index contributed by atoms with van der Waals surface area (Å²) in [5.41, 5.74) is 4.51. The van der Waals surface area contributed by atoms with Gasteiger partial charge in [-0.15, -0.1) is 11.3 Å². The van der Waals surface area contributed by atoms with E-state index in [0.29, 0.717) is 18.0 Å². The zero-order valence-corrected chi connectivity index (χ0v) is 14.9. The molecule has 0 aliphatic heterocycles. The standard InChI is InChI=1S/C19H18N2O4S/c22-17(20-5-4-18-21-15(10-26-18)19(23)24)8-13-9-25-16-7-12-3-1-2-11(12)6-14(13)16/h6-7,9-10H,1-5,8H2,(H,20,22)(H,23,24). The van der Waals surface area contributed by atoms with Gasteiger partial charge in [-0.05, 0) is 42.5 Å². The van der Waals surface area contributed by atoms with Crippen molar-refractivity contribution in [2.24, 2.45) is 0 Å². The summed E-state index contributed by atoms with van der Waals surface area (Å²) in [5, 5.41) is 15.0. The maximum atomic E-state index is 12.2. The highest BCUT2D eigenvalue weighted by atomic mass is 32.1. The molecule has 2 heterocycles. The Bertz CT molecular complexity index is 989. The third-order valence-corrected chi connectivity index (χ3v) is 5.56. The summed E-state index contributed by atoms with van der Waals surface area (Å²) < 4.78 is 5.63. The first-order valence-electron chi connectivity index (χ1n) is 8.56. The van der Waals surface area contributed by atoms with Crippen LogP contribution in [0.2, 0.25) is 0 Å². The van der Waals surface area contributed by atoms with Crippen molar-refractivity contribution in [3.8, 4) is 0 Å². The molecule has 3 aromatic rings. The van der Waals surface area contributed by atoms with Gasteiger partial charge in [-0.1, -0.05) is 0 Å². The Morgan fingerprint density at radius 3 is 2.85 bits per heavy atom. The van der Waals surface area contributed by atoms with Crippen LogP contribution in [-0.2, 0) is 30.5 Å². The van der Waals surface area contributed by atoms with Crippen molar-refractivity contribution in [1.82, 2.24) is 10.3 Å². The highest BCUT2D eigenvalue weighted by Gasteiger charge is 2.16. The molecular weight excluding hydrogens is 352 g/mol. The van der Waals surface area contributed by atoms with E-state index in [1.165, 1.54) is 34.3 Å². The predicted octanol–water partition coefficient (Wildman–Crippen LogP) is 2.98. The van der Waals surface area contributed by atoms with Crippen LogP contribution in [0, 0.1) is 0 Å². The number of thiazole rings is 1. The van der Waals surface area contributed by atoms with E-state index in [9.17, 15) is 9.59 Å². The number of hydrogen-bond acceptors (Lipinski definition) is 5. The van der Waals surface area contributed by atoms with Crippen LogP contribution < -0.4 is 5.32 Å². The first-order chi connectivity index (χ1) is 12.6. The van der Waals surface area contributed by atoms with Crippen LogP contribution in [-0.4, -0.2) is 28.5 Å². The molecule has 1 aliphatic carbocycles. The number of furan rings is 1. The Labute approximate surface area is 153 Å². The summed E-state index contributed by atoms with van der Waals surface area (Å²) in [7, 11) is 0. The van der Waals surface area contributed by atoms with Gasteiger partial charge in [0.25, 0.3) is 0 Å². The predicted molar refractivity (Wildman–Crippen MR) is 97.7 cm³/mol. The molecule has 0 radical (unpaired) electrons. The average molecular weight is 370 g/mol. The third-order valence-electron chi connectivity index (χ3n) is 4.65. The fourth-order valence-corrected chi connectivity index (χ4v) is 4.13. The average Bonchev–Trinajstić information content (AvgIpc) is 3.33. The van der Waals surface area contributed by atoms with Gasteiger partial charge in [0, 0.05) is 29.3 Å². The van der Waals surface area contributed by atoms with Crippen molar-refractivity contribution in [2.75, 3.05) is 6.54 Å². The molecule has 26 heavy (non-hydrogen) atoms. The Balaban J connectivity index is 1.36. The number of rotatable bonds is 6. The van der Waals surface area contributed by atoms with Gasteiger partial charge >= 0.3 is 5.97 Å². The highest BCUT2D eigenvalue weighted by Crippen LogP contribution is 2.30. The molecule has 0 unspecified atom stereocenters. The SMILES string of the molecule is O=C(Cc1coc2cc3c(cc12)CCC3)NCCc1nc(C(=O)O)cs1. The zero-order valence-electron chi connectivity index (χ0n) is 14.1. The molecule has 2 N–H and O–H groups in total. The number of amides is 1. The van der Waals surface area contributed by atoms with Crippen molar-refractivity contribution in [3.05, 3.63) is 51.2 Å². The van der Waals surface area contributed by atoms with Crippen molar-refractivity contribution in [3.63, 3.8) is 0 Å². The van der Waals surface area contributed by atoms with Crippen LogP contribution in [0.3, 0.4) is 0 Å². The van der Waals surface area contributed by atoms with E-state index in [2.05, 4.69) is 22.4 Å². The molecule has 0 spiro atoms. The lowest BCUT2D eigenvalue weighted by atomic mass is 10.0. The van der Waals surface area contributed by atoms with E-state index in [-0.39, 0.29) is 18.0 Å². The van der Waals surface area contributed by atoms with Crippen molar-refractivity contribution in [2.45, 2.75) is 32.1 Å². The molecule has 0 bridgehead atoms. The molecule has 0 saturated carbocycles. The van der Waals surface area contributed by atoms with Gasteiger partial charge in [0.1, 0.15) is 5.58 Å². The molecule has 0 saturated heterocycles. The van der Waals surface area contributed by atoms with Crippen LogP contribution in [0.4, 0.5) is 0 Å². The lowest BCUT2D eigenvalue weighted by Crippen LogP contribution is -2.27. The second kappa shape index (κ2) is 6.92.